The monoisotopic (exact) mass is 829 g/mol. The van der Waals surface area contributed by atoms with Crippen LogP contribution >= 0.6 is 0 Å². The van der Waals surface area contributed by atoms with Crippen LogP contribution in [0.1, 0.15) is 0 Å². The number of furan rings is 2. The SMILES string of the molecule is c1ccc(-c2cccc(-c3ccc(N(c4ccc(-c5cccc6oc7c8ccccc8ccc7c56)cc4)c4cccc(-c5cccc6oc7c8ccccc8ccc7c56)c4)cc3)c2)cc1. The van der Waals surface area contributed by atoms with E-state index in [0.29, 0.717) is 0 Å². The molecule has 11 aromatic carbocycles. The van der Waals surface area contributed by atoms with E-state index in [1.54, 1.807) is 0 Å². The summed E-state index contributed by atoms with van der Waals surface area (Å²) in [5, 5.41) is 9.09. The average molecular weight is 830 g/mol. The quantitative estimate of drug-likeness (QED) is 0.160. The summed E-state index contributed by atoms with van der Waals surface area (Å²) in [6.07, 6.45) is 0. The fourth-order valence-electron chi connectivity index (χ4n) is 9.95. The van der Waals surface area contributed by atoms with Gasteiger partial charge in [0.05, 0.1) is 0 Å². The van der Waals surface area contributed by atoms with Gasteiger partial charge in [-0.25, -0.2) is 0 Å². The molecule has 2 aromatic heterocycles. The molecule has 0 bridgehead atoms. The van der Waals surface area contributed by atoms with Crippen molar-refractivity contribution in [3.05, 3.63) is 237 Å². The maximum absolute atomic E-state index is 6.62. The molecule has 0 radical (unpaired) electrons. The topological polar surface area (TPSA) is 29.5 Å². The van der Waals surface area contributed by atoms with E-state index in [4.69, 9.17) is 8.83 Å². The van der Waals surface area contributed by atoms with E-state index in [9.17, 15) is 0 Å². The summed E-state index contributed by atoms with van der Waals surface area (Å²) in [5.41, 5.74) is 16.1. The third kappa shape index (κ3) is 6.20. The van der Waals surface area contributed by atoms with Gasteiger partial charge in [-0.05, 0) is 122 Å². The van der Waals surface area contributed by atoms with Gasteiger partial charge in [0.2, 0.25) is 0 Å². The molecule has 0 saturated carbocycles. The highest BCUT2D eigenvalue weighted by atomic mass is 16.3. The molecule has 2 heterocycles. The van der Waals surface area contributed by atoms with Crippen molar-refractivity contribution in [3.63, 3.8) is 0 Å². The Kier molecular flexibility index (Phi) is 8.53. The smallest absolute Gasteiger partial charge is 0.143 e. The normalized spacial score (nSPS) is 11.7. The molecule has 3 nitrogen and oxygen atoms in total. The van der Waals surface area contributed by atoms with Crippen LogP contribution in [-0.4, -0.2) is 0 Å². The van der Waals surface area contributed by atoms with Gasteiger partial charge in [-0.1, -0.05) is 170 Å². The maximum atomic E-state index is 6.62. The molecule has 65 heavy (non-hydrogen) atoms. The third-order valence-corrected chi connectivity index (χ3v) is 13.1. The van der Waals surface area contributed by atoms with Crippen molar-refractivity contribution < 1.29 is 8.83 Å². The number of fused-ring (bicyclic) bond motifs is 10. The summed E-state index contributed by atoms with van der Waals surface area (Å²) < 4.78 is 13.2. The lowest BCUT2D eigenvalue weighted by Gasteiger charge is -2.26. The van der Waals surface area contributed by atoms with E-state index >= 15 is 0 Å². The summed E-state index contributed by atoms with van der Waals surface area (Å²) in [6, 6.07) is 84.6. The van der Waals surface area contributed by atoms with Gasteiger partial charge < -0.3 is 13.7 Å². The summed E-state index contributed by atoms with van der Waals surface area (Å²) >= 11 is 0. The van der Waals surface area contributed by atoms with Crippen molar-refractivity contribution in [2.75, 3.05) is 4.90 Å². The summed E-state index contributed by atoms with van der Waals surface area (Å²) in [7, 11) is 0. The van der Waals surface area contributed by atoms with Crippen molar-refractivity contribution in [3.8, 4) is 44.5 Å². The van der Waals surface area contributed by atoms with Crippen LogP contribution in [0, 0.1) is 0 Å². The van der Waals surface area contributed by atoms with Crippen LogP contribution in [0.25, 0.3) is 110 Å². The molecule has 0 unspecified atom stereocenters. The van der Waals surface area contributed by atoms with Crippen LogP contribution in [-0.2, 0) is 0 Å². The Morgan fingerprint density at radius 1 is 0.262 bits per heavy atom. The first-order valence-electron chi connectivity index (χ1n) is 22.1. The van der Waals surface area contributed by atoms with Crippen molar-refractivity contribution in [2.45, 2.75) is 0 Å². The molecule has 0 aliphatic rings. The van der Waals surface area contributed by atoms with Gasteiger partial charge in [0.15, 0.2) is 0 Å². The predicted molar refractivity (Wildman–Crippen MR) is 272 cm³/mol. The van der Waals surface area contributed by atoms with E-state index in [1.807, 2.05) is 0 Å². The number of nitrogens with zero attached hydrogens (tertiary/aromatic N) is 1. The van der Waals surface area contributed by atoms with Crippen LogP contribution in [0.3, 0.4) is 0 Å². The van der Waals surface area contributed by atoms with Gasteiger partial charge in [0.25, 0.3) is 0 Å². The van der Waals surface area contributed by atoms with Crippen molar-refractivity contribution in [2.24, 2.45) is 0 Å². The van der Waals surface area contributed by atoms with Crippen molar-refractivity contribution in [1.29, 1.82) is 0 Å². The first kappa shape index (κ1) is 36.9. The van der Waals surface area contributed by atoms with Crippen LogP contribution in [0.4, 0.5) is 17.1 Å². The van der Waals surface area contributed by atoms with Gasteiger partial charge >= 0.3 is 0 Å². The van der Waals surface area contributed by atoms with Crippen molar-refractivity contribution >= 4 is 82.5 Å². The fraction of sp³-hybridized carbons (Fsp3) is 0. The molecule has 304 valence electrons. The van der Waals surface area contributed by atoms with Crippen LogP contribution in [0.2, 0.25) is 0 Å². The summed E-state index contributed by atoms with van der Waals surface area (Å²) in [6.45, 7) is 0. The summed E-state index contributed by atoms with van der Waals surface area (Å²) in [4.78, 5) is 2.36. The minimum absolute atomic E-state index is 0.882. The largest absolute Gasteiger partial charge is 0.455 e. The fourth-order valence-corrected chi connectivity index (χ4v) is 9.95. The van der Waals surface area contributed by atoms with E-state index in [1.165, 1.54) is 27.5 Å². The highest BCUT2D eigenvalue weighted by Crippen LogP contribution is 2.44. The van der Waals surface area contributed by atoms with E-state index in [2.05, 4.69) is 241 Å². The Hall–Kier alpha value is -8.66. The van der Waals surface area contributed by atoms with Gasteiger partial charge in [-0.3, -0.25) is 0 Å². The zero-order valence-electron chi connectivity index (χ0n) is 35.3. The predicted octanol–water partition coefficient (Wildman–Crippen LogP) is 17.9. The molecule has 0 aliphatic heterocycles. The standard InChI is InChI=1S/C62H39NO2/c1-2-12-40(13-3-1)45-16-8-17-46(38-45)41-26-32-48(33-27-41)63(49-34-28-44(29-35-49)51-22-10-24-57-59(51)55-36-30-42-14-4-6-20-53(42)61(55)64-57)50-19-9-18-47(39-50)52-23-11-25-58-60(52)56-37-31-43-15-5-7-21-54(43)62(56)65-58/h1-39H. The van der Waals surface area contributed by atoms with E-state index in [-0.39, 0.29) is 0 Å². The Labute approximate surface area is 375 Å². The molecule has 0 fully saturated rings. The molecule has 0 atom stereocenters. The number of benzene rings is 11. The first-order chi connectivity index (χ1) is 32.2. The molecule has 3 heteroatoms. The Balaban J connectivity index is 0.936. The van der Waals surface area contributed by atoms with Gasteiger partial charge in [-0.2, -0.15) is 0 Å². The van der Waals surface area contributed by atoms with Gasteiger partial charge in [0, 0.05) is 49.4 Å². The highest BCUT2D eigenvalue weighted by Gasteiger charge is 2.19. The average Bonchev–Trinajstić information content (AvgIpc) is 3.97. The molecular weight excluding hydrogens is 791 g/mol. The van der Waals surface area contributed by atoms with Crippen LogP contribution in [0.5, 0.6) is 0 Å². The zero-order valence-corrected chi connectivity index (χ0v) is 35.3. The Morgan fingerprint density at radius 2 is 0.723 bits per heavy atom. The van der Waals surface area contributed by atoms with E-state index < -0.39 is 0 Å². The summed E-state index contributed by atoms with van der Waals surface area (Å²) in [5.74, 6) is 0. The van der Waals surface area contributed by atoms with Gasteiger partial charge in [-0.15, -0.1) is 0 Å². The first-order valence-corrected chi connectivity index (χ1v) is 22.1. The minimum Gasteiger partial charge on any atom is -0.455 e. The third-order valence-electron chi connectivity index (χ3n) is 13.1. The lowest BCUT2D eigenvalue weighted by molar-refractivity contribution is 0.672. The molecule has 0 saturated heterocycles. The second-order valence-electron chi connectivity index (χ2n) is 16.8. The van der Waals surface area contributed by atoms with Crippen molar-refractivity contribution in [1.82, 2.24) is 0 Å². The molecule has 13 aromatic rings. The lowest BCUT2D eigenvalue weighted by Crippen LogP contribution is -2.10. The van der Waals surface area contributed by atoms with Gasteiger partial charge in [0.1, 0.15) is 22.3 Å². The Morgan fingerprint density at radius 3 is 1.32 bits per heavy atom. The molecular formula is C62H39NO2. The molecule has 0 amide bonds. The number of hydrogen-bond acceptors (Lipinski definition) is 3. The number of hydrogen-bond donors (Lipinski definition) is 0. The molecule has 0 spiro atoms. The molecule has 13 rings (SSSR count). The molecule has 0 aliphatic carbocycles. The second-order valence-corrected chi connectivity index (χ2v) is 16.8. The maximum Gasteiger partial charge on any atom is 0.143 e. The number of rotatable bonds is 7. The van der Waals surface area contributed by atoms with E-state index in [0.717, 1.165) is 99.5 Å². The van der Waals surface area contributed by atoms with Crippen LogP contribution in [0.15, 0.2) is 245 Å². The lowest BCUT2D eigenvalue weighted by atomic mass is 9.97. The second kappa shape index (κ2) is 15.0. The molecule has 0 N–H and O–H groups in total. The Bertz CT molecular complexity index is 3930. The minimum atomic E-state index is 0.882. The van der Waals surface area contributed by atoms with Crippen LogP contribution < -0.4 is 4.90 Å². The highest BCUT2D eigenvalue weighted by molar-refractivity contribution is 6.20. The number of anilines is 3. The zero-order chi connectivity index (χ0) is 42.8.